The standard InChI is InChI=1S/C17H37N3O/c1-5-19(6-2)13-10-14-20(7-3)17(15-18)12-9-8-11-16(17)21-4/h16H,5-15,18H2,1-4H3. The summed E-state index contributed by atoms with van der Waals surface area (Å²) in [6.07, 6.45) is 6.40. The fourth-order valence-corrected chi connectivity index (χ4v) is 3.97. The molecular weight excluding hydrogens is 262 g/mol. The van der Waals surface area contributed by atoms with Gasteiger partial charge in [-0.3, -0.25) is 4.90 Å². The van der Waals surface area contributed by atoms with E-state index in [2.05, 4.69) is 30.6 Å². The van der Waals surface area contributed by atoms with Crippen molar-refractivity contribution in [2.24, 2.45) is 5.73 Å². The molecule has 2 N–H and O–H groups in total. The largest absolute Gasteiger partial charge is 0.379 e. The highest BCUT2D eigenvalue weighted by atomic mass is 16.5. The summed E-state index contributed by atoms with van der Waals surface area (Å²) in [4.78, 5) is 5.10. The topological polar surface area (TPSA) is 41.7 Å². The normalized spacial score (nSPS) is 26.7. The van der Waals surface area contributed by atoms with Crippen LogP contribution in [-0.2, 0) is 4.74 Å². The second-order valence-corrected chi connectivity index (χ2v) is 6.24. The smallest absolute Gasteiger partial charge is 0.0767 e. The lowest BCUT2D eigenvalue weighted by molar-refractivity contribution is -0.0745. The number of nitrogens with two attached hydrogens (primary N) is 1. The van der Waals surface area contributed by atoms with E-state index in [4.69, 9.17) is 10.5 Å². The van der Waals surface area contributed by atoms with Crippen LogP contribution in [0.25, 0.3) is 0 Å². The van der Waals surface area contributed by atoms with Crippen LogP contribution in [0.5, 0.6) is 0 Å². The van der Waals surface area contributed by atoms with Gasteiger partial charge in [0.05, 0.1) is 11.6 Å². The zero-order valence-corrected chi connectivity index (χ0v) is 14.7. The Balaban J connectivity index is 2.65. The van der Waals surface area contributed by atoms with Gasteiger partial charge < -0.3 is 15.4 Å². The lowest BCUT2D eigenvalue weighted by atomic mass is 9.77. The van der Waals surface area contributed by atoms with Crippen molar-refractivity contribution in [2.45, 2.75) is 64.5 Å². The number of hydrogen-bond donors (Lipinski definition) is 1. The third kappa shape index (κ3) is 4.65. The van der Waals surface area contributed by atoms with E-state index < -0.39 is 0 Å². The molecule has 2 atom stereocenters. The van der Waals surface area contributed by atoms with Gasteiger partial charge in [0.25, 0.3) is 0 Å². The number of methoxy groups -OCH3 is 1. The van der Waals surface area contributed by atoms with Crippen molar-refractivity contribution in [1.29, 1.82) is 0 Å². The van der Waals surface area contributed by atoms with Gasteiger partial charge in [0.1, 0.15) is 0 Å². The predicted molar refractivity (Wildman–Crippen MR) is 90.7 cm³/mol. The number of nitrogens with zero attached hydrogens (tertiary/aromatic N) is 2. The molecule has 0 aromatic carbocycles. The van der Waals surface area contributed by atoms with Crippen molar-refractivity contribution in [2.75, 3.05) is 46.4 Å². The van der Waals surface area contributed by atoms with Gasteiger partial charge in [-0.05, 0) is 45.4 Å². The third-order valence-corrected chi connectivity index (χ3v) is 5.37. The van der Waals surface area contributed by atoms with Crippen LogP contribution >= 0.6 is 0 Å². The zero-order valence-electron chi connectivity index (χ0n) is 14.7. The molecule has 2 unspecified atom stereocenters. The van der Waals surface area contributed by atoms with Gasteiger partial charge in [-0.1, -0.05) is 33.6 Å². The molecule has 1 rings (SSSR count). The molecule has 1 saturated carbocycles. The molecule has 0 saturated heterocycles. The number of ether oxygens (including phenoxy) is 1. The van der Waals surface area contributed by atoms with E-state index in [1.165, 1.54) is 32.2 Å². The van der Waals surface area contributed by atoms with Crippen molar-refractivity contribution in [3.8, 4) is 0 Å². The Hall–Kier alpha value is -0.160. The van der Waals surface area contributed by atoms with Crippen LogP contribution in [0.1, 0.15) is 52.9 Å². The first kappa shape index (κ1) is 18.9. The molecule has 0 aromatic heterocycles. The maximum atomic E-state index is 6.23. The number of likely N-dealkylation sites (N-methyl/N-ethyl adjacent to an activating group) is 1. The summed E-state index contributed by atoms with van der Waals surface area (Å²) in [7, 11) is 1.85. The van der Waals surface area contributed by atoms with Crippen LogP contribution < -0.4 is 5.73 Å². The summed E-state index contributed by atoms with van der Waals surface area (Å²) in [5, 5.41) is 0. The quantitative estimate of drug-likeness (QED) is 0.672. The Labute approximate surface area is 132 Å². The van der Waals surface area contributed by atoms with E-state index in [1.54, 1.807) is 0 Å². The number of hydrogen-bond acceptors (Lipinski definition) is 4. The van der Waals surface area contributed by atoms with Gasteiger partial charge in [-0.15, -0.1) is 0 Å². The van der Waals surface area contributed by atoms with Gasteiger partial charge >= 0.3 is 0 Å². The van der Waals surface area contributed by atoms with Gasteiger partial charge in [0, 0.05) is 20.2 Å². The highest BCUT2D eigenvalue weighted by Crippen LogP contribution is 2.35. The van der Waals surface area contributed by atoms with Gasteiger partial charge in [-0.25, -0.2) is 0 Å². The monoisotopic (exact) mass is 299 g/mol. The predicted octanol–water partition coefficient (Wildman–Crippen LogP) is 2.33. The maximum absolute atomic E-state index is 6.23. The molecule has 4 heteroatoms. The molecule has 126 valence electrons. The minimum atomic E-state index is 0.0605. The zero-order chi connectivity index (χ0) is 15.7. The molecule has 1 aliphatic rings. The first-order chi connectivity index (χ1) is 10.2. The van der Waals surface area contributed by atoms with Crippen LogP contribution in [0.4, 0.5) is 0 Å². The van der Waals surface area contributed by atoms with Gasteiger partial charge in [-0.2, -0.15) is 0 Å². The minimum absolute atomic E-state index is 0.0605. The SMILES string of the molecule is CCN(CC)CCCN(CC)C1(CN)CCCCC1OC. The fraction of sp³-hybridized carbons (Fsp3) is 1.00. The van der Waals surface area contributed by atoms with Crippen molar-refractivity contribution in [3.05, 3.63) is 0 Å². The second kappa shape index (κ2) is 9.78. The lowest BCUT2D eigenvalue weighted by Crippen LogP contribution is -2.63. The lowest BCUT2D eigenvalue weighted by Gasteiger charge is -2.50. The molecule has 0 aliphatic heterocycles. The molecule has 0 aromatic rings. The Kier molecular flexibility index (Phi) is 8.79. The number of rotatable bonds is 10. The van der Waals surface area contributed by atoms with E-state index in [0.29, 0.717) is 12.6 Å². The second-order valence-electron chi connectivity index (χ2n) is 6.24. The van der Waals surface area contributed by atoms with E-state index in [9.17, 15) is 0 Å². The summed E-state index contributed by atoms with van der Waals surface area (Å²) in [6.45, 7) is 13.1. The van der Waals surface area contributed by atoms with Gasteiger partial charge in [0.2, 0.25) is 0 Å². The molecule has 1 aliphatic carbocycles. The maximum Gasteiger partial charge on any atom is 0.0767 e. The average molecular weight is 300 g/mol. The van der Waals surface area contributed by atoms with Crippen LogP contribution in [0.2, 0.25) is 0 Å². The van der Waals surface area contributed by atoms with Crippen molar-refractivity contribution in [1.82, 2.24) is 9.80 Å². The summed E-state index contributed by atoms with van der Waals surface area (Å²) < 4.78 is 5.82. The molecule has 1 fully saturated rings. The molecule has 0 heterocycles. The van der Waals surface area contributed by atoms with Crippen LogP contribution in [-0.4, -0.2) is 67.8 Å². The summed E-state index contributed by atoms with van der Waals surface area (Å²) in [6, 6.07) is 0. The molecule has 0 bridgehead atoms. The molecule has 21 heavy (non-hydrogen) atoms. The molecular formula is C17H37N3O. The minimum Gasteiger partial charge on any atom is -0.379 e. The van der Waals surface area contributed by atoms with Crippen LogP contribution in [0, 0.1) is 0 Å². The molecule has 0 spiro atoms. The summed E-state index contributed by atoms with van der Waals surface area (Å²) in [5.41, 5.74) is 6.29. The first-order valence-corrected chi connectivity index (χ1v) is 8.88. The van der Waals surface area contributed by atoms with E-state index in [-0.39, 0.29) is 5.54 Å². The first-order valence-electron chi connectivity index (χ1n) is 8.88. The third-order valence-electron chi connectivity index (χ3n) is 5.37. The van der Waals surface area contributed by atoms with Crippen molar-refractivity contribution >= 4 is 0 Å². The highest BCUT2D eigenvalue weighted by molar-refractivity contribution is 5.01. The Morgan fingerprint density at radius 1 is 1.10 bits per heavy atom. The van der Waals surface area contributed by atoms with Crippen molar-refractivity contribution < 1.29 is 4.74 Å². The van der Waals surface area contributed by atoms with E-state index >= 15 is 0 Å². The van der Waals surface area contributed by atoms with Gasteiger partial charge in [0.15, 0.2) is 0 Å². The summed E-state index contributed by atoms with van der Waals surface area (Å²) in [5.74, 6) is 0. The Morgan fingerprint density at radius 3 is 2.33 bits per heavy atom. The highest BCUT2D eigenvalue weighted by Gasteiger charge is 2.43. The molecule has 4 nitrogen and oxygen atoms in total. The fourth-order valence-electron chi connectivity index (χ4n) is 3.97. The molecule has 0 amide bonds. The van der Waals surface area contributed by atoms with Crippen LogP contribution in [0.15, 0.2) is 0 Å². The van der Waals surface area contributed by atoms with E-state index in [0.717, 1.165) is 32.6 Å². The van der Waals surface area contributed by atoms with Crippen molar-refractivity contribution in [3.63, 3.8) is 0 Å². The Bertz CT molecular complexity index is 271. The molecule has 0 radical (unpaired) electrons. The van der Waals surface area contributed by atoms with E-state index in [1.807, 2.05) is 7.11 Å². The average Bonchev–Trinajstić information content (AvgIpc) is 2.55. The Morgan fingerprint density at radius 2 is 1.81 bits per heavy atom. The van der Waals surface area contributed by atoms with Crippen LogP contribution in [0.3, 0.4) is 0 Å². The summed E-state index contributed by atoms with van der Waals surface area (Å²) >= 11 is 0.